The van der Waals surface area contributed by atoms with Crippen molar-refractivity contribution in [3.63, 3.8) is 0 Å². The molecule has 0 spiro atoms. The van der Waals surface area contributed by atoms with Crippen molar-refractivity contribution in [3.05, 3.63) is 70.9 Å². The minimum atomic E-state index is 0.0347. The minimum absolute atomic E-state index is 0.0347. The van der Waals surface area contributed by atoms with Gasteiger partial charge in [0.2, 0.25) is 0 Å². The molecule has 0 saturated carbocycles. The van der Waals surface area contributed by atoms with Crippen LogP contribution in [-0.4, -0.2) is 41.5 Å². The molecular formula is C26H31N3O. The van der Waals surface area contributed by atoms with Crippen molar-refractivity contribution in [2.75, 3.05) is 13.6 Å². The number of hydrogen-bond acceptors (Lipinski definition) is 2. The molecule has 0 radical (unpaired) electrons. The van der Waals surface area contributed by atoms with Crippen LogP contribution in [0.1, 0.15) is 59.2 Å². The minimum Gasteiger partial charge on any atom is -0.361 e. The number of aromatic amines is 1. The van der Waals surface area contributed by atoms with Gasteiger partial charge >= 0.3 is 0 Å². The van der Waals surface area contributed by atoms with Gasteiger partial charge in [0, 0.05) is 47.2 Å². The van der Waals surface area contributed by atoms with E-state index in [2.05, 4.69) is 47.5 Å². The van der Waals surface area contributed by atoms with Gasteiger partial charge in [-0.05, 0) is 67.6 Å². The summed E-state index contributed by atoms with van der Waals surface area (Å²) in [5.74, 6) is 0.490. The van der Waals surface area contributed by atoms with Crippen LogP contribution >= 0.6 is 0 Å². The van der Waals surface area contributed by atoms with Crippen LogP contribution in [0.25, 0.3) is 10.9 Å². The molecule has 1 saturated heterocycles. The number of aromatic nitrogens is 1. The maximum Gasteiger partial charge on any atom is 0.251 e. The molecule has 1 amide bonds. The van der Waals surface area contributed by atoms with Gasteiger partial charge in [0.1, 0.15) is 0 Å². The maximum absolute atomic E-state index is 12.8. The molecule has 0 bridgehead atoms. The van der Waals surface area contributed by atoms with Gasteiger partial charge in [-0.2, -0.15) is 0 Å². The highest BCUT2D eigenvalue weighted by Gasteiger charge is 2.40. The topological polar surface area (TPSA) is 48.1 Å². The smallest absolute Gasteiger partial charge is 0.251 e. The number of piperidine rings is 1. The van der Waals surface area contributed by atoms with Crippen molar-refractivity contribution < 1.29 is 4.79 Å². The van der Waals surface area contributed by atoms with E-state index in [0.717, 1.165) is 31.4 Å². The van der Waals surface area contributed by atoms with Crippen LogP contribution in [0.3, 0.4) is 0 Å². The number of likely N-dealkylation sites (N-methyl/N-ethyl adjacent to an activating group) is 1. The van der Waals surface area contributed by atoms with Gasteiger partial charge in [0.15, 0.2) is 0 Å². The Morgan fingerprint density at radius 2 is 2.07 bits per heavy atom. The Hall–Kier alpha value is -2.59. The Morgan fingerprint density at radius 1 is 1.23 bits per heavy atom. The molecule has 1 aliphatic heterocycles. The van der Waals surface area contributed by atoms with E-state index in [-0.39, 0.29) is 11.9 Å². The molecule has 2 heterocycles. The first-order chi connectivity index (χ1) is 14.6. The van der Waals surface area contributed by atoms with E-state index in [4.69, 9.17) is 0 Å². The highest BCUT2D eigenvalue weighted by atomic mass is 16.1. The van der Waals surface area contributed by atoms with Crippen LogP contribution in [-0.2, 0) is 12.8 Å². The first-order valence-electron chi connectivity index (χ1n) is 11.3. The lowest BCUT2D eigenvalue weighted by molar-refractivity contribution is 0.0853. The summed E-state index contributed by atoms with van der Waals surface area (Å²) in [5.41, 5.74) is 6.39. The molecule has 30 heavy (non-hydrogen) atoms. The van der Waals surface area contributed by atoms with Crippen molar-refractivity contribution >= 4 is 16.8 Å². The molecule has 2 aromatic carbocycles. The molecule has 4 heteroatoms. The molecule has 4 nitrogen and oxygen atoms in total. The Balaban J connectivity index is 1.44. The average Bonchev–Trinajstić information content (AvgIpc) is 3.17. The van der Waals surface area contributed by atoms with Crippen LogP contribution in [0.15, 0.2) is 48.7 Å². The van der Waals surface area contributed by atoms with Crippen molar-refractivity contribution in [3.8, 4) is 0 Å². The van der Waals surface area contributed by atoms with E-state index in [9.17, 15) is 4.79 Å². The molecule has 2 aliphatic rings. The Kier molecular flexibility index (Phi) is 5.11. The second-order valence-electron chi connectivity index (χ2n) is 9.11. The molecule has 1 aromatic heterocycles. The number of rotatable bonds is 5. The Labute approximate surface area is 178 Å². The van der Waals surface area contributed by atoms with Crippen molar-refractivity contribution in [1.82, 2.24) is 15.2 Å². The molecule has 1 aliphatic carbocycles. The number of nitrogens with one attached hydrogen (secondary N) is 2. The molecule has 3 aromatic rings. The van der Waals surface area contributed by atoms with Crippen molar-refractivity contribution in [1.29, 1.82) is 0 Å². The number of nitrogens with zero attached hydrogens (tertiary/aromatic N) is 1. The third kappa shape index (κ3) is 3.43. The van der Waals surface area contributed by atoms with Crippen molar-refractivity contribution in [2.45, 2.75) is 57.0 Å². The fraction of sp³-hybridized carbons (Fsp3) is 0.423. The first-order valence-corrected chi connectivity index (χ1v) is 11.3. The van der Waals surface area contributed by atoms with E-state index in [1.54, 1.807) is 0 Å². The van der Waals surface area contributed by atoms with Crippen LogP contribution in [0.4, 0.5) is 0 Å². The number of fused-ring (bicyclic) bond motifs is 2. The second kappa shape index (κ2) is 7.92. The summed E-state index contributed by atoms with van der Waals surface area (Å²) in [6.45, 7) is 3.15. The van der Waals surface area contributed by atoms with Gasteiger partial charge in [-0.3, -0.25) is 4.79 Å². The van der Waals surface area contributed by atoms with Crippen molar-refractivity contribution in [2.24, 2.45) is 0 Å². The number of carbonyl (C=O) groups excluding carboxylic acids is 1. The molecule has 1 fully saturated rings. The van der Waals surface area contributed by atoms with Gasteiger partial charge in [0.05, 0.1) is 0 Å². The summed E-state index contributed by atoms with van der Waals surface area (Å²) in [5, 5.41) is 4.74. The highest BCUT2D eigenvalue weighted by Crippen LogP contribution is 2.43. The summed E-state index contributed by atoms with van der Waals surface area (Å²) >= 11 is 0. The third-order valence-corrected chi connectivity index (χ3v) is 7.05. The molecule has 5 rings (SSSR count). The number of aryl methyl sites for hydroxylation is 1. The fourth-order valence-corrected chi connectivity index (χ4v) is 5.56. The Bertz CT molecular complexity index is 1050. The standard InChI is InChI=1S/C26H31N3O/c1-3-4-8-17-11-22-21-14-20(28-26(30)18-9-6-5-7-10-18)16-29(2)24(21)13-19-15-27-23(12-17)25(19)22/h5-7,9-12,15,20-21,24,27H,3-4,8,13-14,16H2,1-2H3,(H,28,30)/t20-,21?,24-/m1/s1. The Morgan fingerprint density at radius 3 is 2.87 bits per heavy atom. The van der Waals surface area contributed by atoms with E-state index >= 15 is 0 Å². The van der Waals surface area contributed by atoms with E-state index < -0.39 is 0 Å². The summed E-state index contributed by atoms with van der Waals surface area (Å²) in [4.78, 5) is 18.8. The van der Waals surface area contributed by atoms with E-state index in [1.807, 2.05) is 30.3 Å². The maximum atomic E-state index is 12.8. The molecule has 2 N–H and O–H groups in total. The van der Waals surface area contributed by atoms with Gasteiger partial charge in [-0.15, -0.1) is 0 Å². The largest absolute Gasteiger partial charge is 0.361 e. The lowest BCUT2D eigenvalue weighted by Crippen LogP contribution is -2.54. The predicted molar refractivity (Wildman–Crippen MR) is 122 cm³/mol. The fourth-order valence-electron chi connectivity index (χ4n) is 5.56. The zero-order chi connectivity index (χ0) is 20.7. The SMILES string of the molecule is CCCCc1cc2c3c(c[nH]c3c1)C[C@@H]1C2C[C@@H](NC(=O)c2ccccc2)CN1C. The van der Waals surface area contributed by atoms with E-state index in [1.165, 1.54) is 40.4 Å². The average molecular weight is 402 g/mol. The van der Waals surface area contributed by atoms with Gasteiger partial charge in [-0.25, -0.2) is 0 Å². The van der Waals surface area contributed by atoms with Gasteiger partial charge in [0.25, 0.3) is 5.91 Å². The van der Waals surface area contributed by atoms with E-state index in [0.29, 0.717) is 12.0 Å². The second-order valence-corrected chi connectivity index (χ2v) is 9.11. The summed E-state index contributed by atoms with van der Waals surface area (Å²) in [7, 11) is 2.22. The van der Waals surface area contributed by atoms with Gasteiger partial charge < -0.3 is 15.2 Å². The zero-order valence-corrected chi connectivity index (χ0v) is 17.9. The number of H-pyrrole nitrogens is 1. The molecular weight excluding hydrogens is 370 g/mol. The number of hydrogen-bond donors (Lipinski definition) is 2. The zero-order valence-electron chi connectivity index (χ0n) is 17.9. The molecule has 3 atom stereocenters. The summed E-state index contributed by atoms with van der Waals surface area (Å²) in [6.07, 6.45) is 7.88. The third-order valence-electron chi connectivity index (χ3n) is 7.05. The van der Waals surface area contributed by atoms with Crippen LogP contribution in [0, 0.1) is 0 Å². The predicted octanol–water partition coefficient (Wildman–Crippen LogP) is 4.65. The quantitative estimate of drug-likeness (QED) is 0.654. The summed E-state index contributed by atoms with van der Waals surface area (Å²) in [6, 6.07) is 15.0. The number of amides is 1. The number of benzene rings is 2. The van der Waals surface area contributed by atoms with Gasteiger partial charge in [-0.1, -0.05) is 37.6 Å². The van der Waals surface area contributed by atoms with Crippen LogP contribution in [0.5, 0.6) is 0 Å². The number of likely N-dealkylation sites (tertiary alicyclic amines) is 1. The van der Waals surface area contributed by atoms with Crippen LogP contribution in [0.2, 0.25) is 0 Å². The molecule has 1 unspecified atom stereocenters. The lowest BCUT2D eigenvalue weighted by Gasteiger charge is -2.45. The number of carbonyl (C=O) groups is 1. The number of unbranched alkanes of at least 4 members (excludes halogenated alkanes) is 1. The lowest BCUT2D eigenvalue weighted by atomic mass is 9.73. The highest BCUT2D eigenvalue weighted by molar-refractivity contribution is 5.94. The summed E-state index contributed by atoms with van der Waals surface area (Å²) < 4.78 is 0. The monoisotopic (exact) mass is 401 g/mol. The normalized spacial score (nSPS) is 23.3. The molecule has 156 valence electrons. The first kappa shape index (κ1) is 19.4. The van der Waals surface area contributed by atoms with Crippen LogP contribution < -0.4 is 5.32 Å².